The lowest BCUT2D eigenvalue weighted by Crippen LogP contribution is -2.24. The van der Waals surface area contributed by atoms with Crippen LogP contribution in [-0.2, 0) is 17.8 Å². The Morgan fingerprint density at radius 3 is 2.44 bits per heavy atom. The van der Waals surface area contributed by atoms with E-state index in [4.69, 9.17) is 0 Å². The molecule has 1 amide bonds. The third-order valence-electron chi connectivity index (χ3n) is 2.98. The number of carbonyl (C=O) groups excluding carboxylic acids is 1. The smallest absolute Gasteiger partial charge is 0.223 e. The van der Waals surface area contributed by atoms with E-state index in [9.17, 15) is 4.79 Å². The van der Waals surface area contributed by atoms with E-state index < -0.39 is 0 Å². The zero-order chi connectivity index (χ0) is 11.4. The van der Waals surface area contributed by atoms with E-state index in [0.29, 0.717) is 12.5 Å². The Labute approximate surface area is 97.1 Å². The van der Waals surface area contributed by atoms with Gasteiger partial charge in [-0.2, -0.15) is 0 Å². The highest BCUT2D eigenvalue weighted by Gasteiger charge is 2.29. The first kappa shape index (κ1) is 11.2. The predicted molar refractivity (Wildman–Crippen MR) is 65.0 cm³/mol. The number of rotatable bonds is 5. The molecule has 0 radical (unpaired) electrons. The van der Waals surface area contributed by atoms with Crippen LogP contribution in [0.1, 0.15) is 37.3 Å². The Kier molecular flexibility index (Phi) is 3.60. The van der Waals surface area contributed by atoms with Crippen molar-refractivity contribution < 1.29 is 4.79 Å². The van der Waals surface area contributed by atoms with E-state index >= 15 is 0 Å². The average molecular weight is 217 g/mol. The first-order valence-corrected chi connectivity index (χ1v) is 6.15. The van der Waals surface area contributed by atoms with Crippen molar-refractivity contribution in [1.82, 2.24) is 5.32 Å². The summed E-state index contributed by atoms with van der Waals surface area (Å²) < 4.78 is 0. The SMILES string of the molecule is CCCc1ccc(CNC(=O)C2CC2)cc1. The van der Waals surface area contributed by atoms with Gasteiger partial charge < -0.3 is 5.32 Å². The van der Waals surface area contributed by atoms with Crippen molar-refractivity contribution in [2.45, 2.75) is 39.2 Å². The number of amides is 1. The highest BCUT2D eigenvalue weighted by molar-refractivity contribution is 5.80. The minimum Gasteiger partial charge on any atom is -0.352 e. The van der Waals surface area contributed by atoms with Crippen molar-refractivity contribution in [3.05, 3.63) is 35.4 Å². The van der Waals surface area contributed by atoms with Gasteiger partial charge in [-0.25, -0.2) is 0 Å². The quantitative estimate of drug-likeness (QED) is 0.807. The zero-order valence-electron chi connectivity index (χ0n) is 9.83. The highest BCUT2D eigenvalue weighted by Crippen LogP contribution is 2.28. The maximum atomic E-state index is 11.4. The molecule has 0 atom stereocenters. The highest BCUT2D eigenvalue weighted by atomic mass is 16.2. The summed E-state index contributed by atoms with van der Waals surface area (Å²) in [4.78, 5) is 11.4. The molecule has 1 aromatic carbocycles. The van der Waals surface area contributed by atoms with Gasteiger partial charge >= 0.3 is 0 Å². The van der Waals surface area contributed by atoms with Crippen molar-refractivity contribution >= 4 is 5.91 Å². The van der Waals surface area contributed by atoms with Crippen molar-refractivity contribution in [3.8, 4) is 0 Å². The molecule has 0 aromatic heterocycles. The van der Waals surface area contributed by atoms with Crippen LogP contribution >= 0.6 is 0 Å². The van der Waals surface area contributed by atoms with Crippen LogP contribution in [0.3, 0.4) is 0 Å². The first-order chi connectivity index (χ1) is 7.79. The predicted octanol–water partition coefficient (Wildman–Crippen LogP) is 2.67. The normalized spacial score (nSPS) is 14.8. The zero-order valence-corrected chi connectivity index (χ0v) is 9.83. The molecule has 0 heterocycles. The van der Waals surface area contributed by atoms with Crippen LogP contribution < -0.4 is 5.32 Å². The van der Waals surface area contributed by atoms with E-state index in [0.717, 1.165) is 19.3 Å². The number of carbonyl (C=O) groups is 1. The summed E-state index contributed by atoms with van der Waals surface area (Å²) in [6, 6.07) is 8.53. The third-order valence-corrected chi connectivity index (χ3v) is 2.98. The van der Waals surface area contributed by atoms with Gasteiger partial charge in [0.25, 0.3) is 0 Å². The molecule has 86 valence electrons. The summed E-state index contributed by atoms with van der Waals surface area (Å²) in [5, 5.41) is 2.97. The molecule has 1 aliphatic carbocycles. The Morgan fingerprint density at radius 1 is 1.25 bits per heavy atom. The Bertz CT molecular complexity index is 352. The molecule has 1 aliphatic rings. The number of hydrogen-bond acceptors (Lipinski definition) is 1. The molecule has 1 N–H and O–H groups in total. The molecule has 0 saturated heterocycles. The largest absolute Gasteiger partial charge is 0.352 e. The lowest BCUT2D eigenvalue weighted by atomic mass is 10.1. The first-order valence-electron chi connectivity index (χ1n) is 6.15. The topological polar surface area (TPSA) is 29.1 Å². The second-order valence-corrected chi connectivity index (χ2v) is 4.56. The van der Waals surface area contributed by atoms with Gasteiger partial charge in [0.2, 0.25) is 5.91 Å². The third kappa shape index (κ3) is 3.09. The average Bonchev–Trinajstić information content (AvgIpc) is 3.12. The summed E-state index contributed by atoms with van der Waals surface area (Å²) in [6.45, 7) is 2.85. The van der Waals surface area contributed by atoms with E-state index in [-0.39, 0.29) is 5.91 Å². The Hall–Kier alpha value is -1.31. The molecule has 0 bridgehead atoms. The monoisotopic (exact) mass is 217 g/mol. The Balaban J connectivity index is 1.82. The molecule has 0 aliphatic heterocycles. The van der Waals surface area contributed by atoms with Crippen LogP contribution in [0.2, 0.25) is 0 Å². The van der Waals surface area contributed by atoms with Gasteiger partial charge in [-0.1, -0.05) is 37.6 Å². The molecule has 1 saturated carbocycles. The van der Waals surface area contributed by atoms with Crippen LogP contribution in [0.15, 0.2) is 24.3 Å². The minimum atomic E-state index is 0.220. The van der Waals surface area contributed by atoms with Gasteiger partial charge in [-0.3, -0.25) is 4.79 Å². The van der Waals surface area contributed by atoms with E-state index in [1.165, 1.54) is 17.5 Å². The molecule has 0 spiro atoms. The van der Waals surface area contributed by atoms with Crippen LogP contribution in [0.4, 0.5) is 0 Å². The summed E-state index contributed by atoms with van der Waals surface area (Å²) in [5.41, 5.74) is 2.56. The standard InChI is InChI=1S/C14H19NO/c1-2-3-11-4-6-12(7-5-11)10-15-14(16)13-8-9-13/h4-7,13H,2-3,8-10H2,1H3,(H,15,16). The number of benzene rings is 1. The molecule has 2 nitrogen and oxygen atoms in total. The van der Waals surface area contributed by atoms with Crippen molar-refractivity contribution in [1.29, 1.82) is 0 Å². The fraction of sp³-hybridized carbons (Fsp3) is 0.500. The second kappa shape index (κ2) is 5.15. The maximum Gasteiger partial charge on any atom is 0.223 e. The van der Waals surface area contributed by atoms with Crippen molar-refractivity contribution in [2.24, 2.45) is 5.92 Å². The van der Waals surface area contributed by atoms with Crippen LogP contribution in [0, 0.1) is 5.92 Å². The molecule has 1 aromatic rings. The fourth-order valence-electron chi connectivity index (χ4n) is 1.79. The molecule has 2 heteroatoms. The van der Waals surface area contributed by atoms with Gasteiger partial charge in [0.1, 0.15) is 0 Å². The van der Waals surface area contributed by atoms with Crippen molar-refractivity contribution in [3.63, 3.8) is 0 Å². The van der Waals surface area contributed by atoms with E-state index in [2.05, 4.69) is 36.5 Å². The number of aryl methyl sites for hydroxylation is 1. The van der Waals surface area contributed by atoms with E-state index in [1.54, 1.807) is 0 Å². The lowest BCUT2D eigenvalue weighted by molar-refractivity contribution is -0.122. The van der Waals surface area contributed by atoms with Crippen LogP contribution in [0.25, 0.3) is 0 Å². The van der Waals surface area contributed by atoms with Gasteiger partial charge in [0.05, 0.1) is 0 Å². The minimum absolute atomic E-state index is 0.220. The molecule has 0 unspecified atom stereocenters. The van der Waals surface area contributed by atoms with Gasteiger partial charge in [-0.15, -0.1) is 0 Å². The van der Waals surface area contributed by atoms with Gasteiger partial charge in [-0.05, 0) is 30.4 Å². The van der Waals surface area contributed by atoms with Gasteiger partial charge in [0, 0.05) is 12.5 Å². The molecular formula is C14H19NO. The second-order valence-electron chi connectivity index (χ2n) is 4.56. The van der Waals surface area contributed by atoms with Gasteiger partial charge in [0.15, 0.2) is 0 Å². The maximum absolute atomic E-state index is 11.4. The summed E-state index contributed by atoms with van der Waals surface area (Å²) in [6.07, 6.45) is 4.45. The number of nitrogens with one attached hydrogen (secondary N) is 1. The van der Waals surface area contributed by atoms with Crippen molar-refractivity contribution in [2.75, 3.05) is 0 Å². The van der Waals surface area contributed by atoms with E-state index in [1.807, 2.05) is 0 Å². The molecule has 16 heavy (non-hydrogen) atoms. The summed E-state index contributed by atoms with van der Waals surface area (Å²) >= 11 is 0. The lowest BCUT2D eigenvalue weighted by Gasteiger charge is -2.05. The van der Waals surface area contributed by atoms with Crippen LogP contribution in [-0.4, -0.2) is 5.91 Å². The summed E-state index contributed by atoms with van der Waals surface area (Å²) in [5.74, 6) is 0.525. The number of hydrogen-bond donors (Lipinski definition) is 1. The Morgan fingerprint density at radius 2 is 1.88 bits per heavy atom. The molecule has 2 rings (SSSR count). The molecule has 1 fully saturated rings. The molecular weight excluding hydrogens is 198 g/mol. The van der Waals surface area contributed by atoms with Crippen LogP contribution in [0.5, 0.6) is 0 Å². The fourth-order valence-corrected chi connectivity index (χ4v) is 1.79. The summed E-state index contributed by atoms with van der Waals surface area (Å²) in [7, 11) is 0.